The zero-order valence-electron chi connectivity index (χ0n) is 14.8. The fourth-order valence-electron chi connectivity index (χ4n) is 2.55. The molecule has 0 spiro atoms. The predicted molar refractivity (Wildman–Crippen MR) is 104 cm³/mol. The third-order valence-electron chi connectivity index (χ3n) is 3.99. The smallest absolute Gasteiger partial charge is 0.266 e. The van der Waals surface area contributed by atoms with Crippen LogP contribution in [0, 0.1) is 0 Å². The minimum atomic E-state index is -3.81. The van der Waals surface area contributed by atoms with E-state index in [1.807, 2.05) is 30.3 Å². The zero-order valence-corrected chi connectivity index (χ0v) is 15.6. The summed E-state index contributed by atoms with van der Waals surface area (Å²) in [5, 5.41) is 12.0. The van der Waals surface area contributed by atoms with E-state index >= 15 is 0 Å². The van der Waals surface area contributed by atoms with Gasteiger partial charge in [0.2, 0.25) is 10.0 Å². The molecule has 0 atom stereocenters. The van der Waals surface area contributed by atoms with Crippen LogP contribution in [-0.4, -0.2) is 30.7 Å². The lowest BCUT2D eigenvalue weighted by atomic mass is 10.1. The molecule has 8 nitrogen and oxygen atoms in total. The molecule has 0 unspecified atom stereocenters. The largest absolute Gasteiger partial charge is 0.350 e. The number of sulfonamides is 1. The van der Waals surface area contributed by atoms with E-state index in [9.17, 15) is 18.0 Å². The number of hydrogen-bond donors (Lipinski definition) is 2. The highest BCUT2D eigenvalue weighted by atomic mass is 32.2. The van der Waals surface area contributed by atoms with Gasteiger partial charge in [-0.1, -0.05) is 30.3 Å². The quantitative estimate of drug-likeness (QED) is 0.641. The minimum Gasteiger partial charge on any atom is -0.350 e. The molecule has 28 heavy (non-hydrogen) atoms. The molecule has 0 bridgehead atoms. The van der Waals surface area contributed by atoms with E-state index < -0.39 is 15.9 Å². The second kappa shape index (κ2) is 8.15. The Bertz CT molecular complexity index is 1140. The molecule has 1 amide bonds. The topological polar surface area (TPSA) is 124 Å². The first-order chi connectivity index (χ1) is 13.3. The van der Waals surface area contributed by atoms with Crippen molar-refractivity contribution in [1.82, 2.24) is 15.1 Å². The van der Waals surface area contributed by atoms with Crippen LogP contribution in [0.5, 0.6) is 0 Å². The highest BCUT2D eigenvalue weighted by Crippen LogP contribution is 2.14. The number of hydrogen-bond acceptors (Lipinski definition) is 5. The second-order valence-corrected chi connectivity index (χ2v) is 7.53. The van der Waals surface area contributed by atoms with Crippen LogP contribution in [0.2, 0.25) is 0 Å². The molecule has 9 heteroatoms. The number of carbonyl (C=O) groups is 1. The third kappa shape index (κ3) is 4.70. The molecule has 3 N–H and O–H groups in total. The van der Waals surface area contributed by atoms with E-state index in [-0.39, 0.29) is 29.1 Å². The van der Waals surface area contributed by atoms with Gasteiger partial charge in [0.15, 0.2) is 0 Å². The minimum absolute atomic E-state index is 0.0717. The third-order valence-corrected chi connectivity index (χ3v) is 4.92. The van der Waals surface area contributed by atoms with Crippen LogP contribution in [0.1, 0.15) is 10.4 Å². The Morgan fingerprint density at radius 2 is 1.68 bits per heavy atom. The van der Waals surface area contributed by atoms with E-state index in [2.05, 4.69) is 10.4 Å². The Hall–Kier alpha value is -3.30. The van der Waals surface area contributed by atoms with Crippen molar-refractivity contribution < 1.29 is 13.2 Å². The summed E-state index contributed by atoms with van der Waals surface area (Å²) in [6.07, 6.45) is 0. The molecular weight excluding hydrogens is 380 g/mol. The molecule has 0 aliphatic carbocycles. The van der Waals surface area contributed by atoms with Gasteiger partial charge in [-0.2, -0.15) is 5.10 Å². The van der Waals surface area contributed by atoms with Gasteiger partial charge in [0.05, 0.1) is 17.1 Å². The fraction of sp³-hybridized carbons (Fsp3) is 0.105. The van der Waals surface area contributed by atoms with Crippen LogP contribution in [0.3, 0.4) is 0 Å². The number of nitrogens with one attached hydrogen (secondary N) is 1. The van der Waals surface area contributed by atoms with Gasteiger partial charge in [0, 0.05) is 23.7 Å². The summed E-state index contributed by atoms with van der Waals surface area (Å²) in [7, 11) is -3.81. The molecule has 3 aromatic rings. The number of rotatable bonds is 6. The van der Waals surface area contributed by atoms with Crippen molar-refractivity contribution in [2.75, 3.05) is 6.54 Å². The summed E-state index contributed by atoms with van der Waals surface area (Å²) in [6.45, 7) is 0.376. The molecule has 3 rings (SSSR count). The number of nitrogens with two attached hydrogens (primary N) is 1. The zero-order chi connectivity index (χ0) is 20.1. The van der Waals surface area contributed by atoms with Crippen molar-refractivity contribution in [1.29, 1.82) is 0 Å². The van der Waals surface area contributed by atoms with Gasteiger partial charge in [-0.15, -0.1) is 0 Å². The van der Waals surface area contributed by atoms with Gasteiger partial charge >= 0.3 is 0 Å². The molecule has 0 saturated carbocycles. The van der Waals surface area contributed by atoms with E-state index in [1.54, 1.807) is 6.07 Å². The average molecular weight is 398 g/mol. The molecule has 0 saturated heterocycles. The molecule has 0 radical (unpaired) electrons. The molecule has 0 aliphatic heterocycles. The number of nitrogens with zero attached hydrogens (tertiary/aromatic N) is 2. The first-order valence-corrected chi connectivity index (χ1v) is 9.94. The van der Waals surface area contributed by atoms with Crippen molar-refractivity contribution in [3.63, 3.8) is 0 Å². The first-order valence-electron chi connectivity index (χ1n) is 8.39. The molecule has 0 fully saturated rings. The van der Waals surface area contributed by atoms with Gasteiger partial charge in [0.25, 0.3) is 11.5 Å². The van der Waals surface area contributed by atoms with Crippen LogP contribution in [0.25, 0.3) is 11.3 Å². The van der Waals surface area contributed by atoms with Crippen LogP contribution < -0.4 is 16.0 Å². The SMILES string of the molecule is NS(=O)(=O)c1ccc(C(=O)NCCn2nc(-c3ccccc3)ccc2=O)cc1. The van der Waals surface area contributed by atoms with Crippen molar-refractivity contribution in [2.45, 2.75) is 11.4 Å². The second-order valence-electron chi connectivity index (χ2n) is 5.97. The van der Waals surface area contributed by atoms with Gasteiger partial charge in [-0.3, -0.25) is 9.59 Å². The predicted octanol–water partition coefficient (Wildman–Crippen LogP) is 0.988. The number of benzene rings is 2. The van der Waals surface area contributed by atoms with Crippen LogP contribution >= 0.6 is 0 Å². The van der Waals surface area contributed by atoms with Gasteiger partial charge in [-0.05, 0) is 30.3 Å². The Balaban J connectivity index is 1.65. The van der Waals surface area contributed by atoms with E-state index in [1.165, 1.54) is 35.0 Å². The van der Waals surface area contributed by atoms with Crippen LogP contribution in [-0.2, 0) is 16.6 Å². The van der Waals surface area contributed by atoms with Crippen molar-refractivity contribution in [2.24, 2.45) is 5.14 Å². The lowest BCUT2D eigenvalue weighted by molar-refractivity contribution is 0.0951. The maximum absolute atomic E-state index is 12.2. The fourth-order valence-corrected chi connectivity index (χ4v) is 3.06. The Labute approximate surface area is 161 Å². The molecule has 0 aliphatic rings. The van der Waals surface area contributed by atoms with Crippen molar-refractivity contribution in [3.8, 4) is 11.3 Å². The van der Waals surface area contributed by atoms with E-state index in [4.69, 9.17) is 5.14 Å². The molecule has 1 heterocycles. The maximum atomic E-state index is 12.2. The Morgan fingerprint density at radius 3 is 2.32 bits per heavy atom. The molecule has 1 aromatic heterocycles. The highest BCUT2D eigenvalue weighted by molar-refractivity contribution is 7.89. The number of primary sulfonamides is 1. The highest BCUT2D eigenvalue weighted by Gasteiger charge is 2.10. The summed E-state index contributed by atoms with van der Waals surface area (Å²) in [5.41, 5.74) is 1.55. The number of aromatic nitrogens is 2. The number of amides is 1. The van der Waals surface area contributed by atoms with E-state index in [0.29, 0.717) is 5.69 Å². The summed E-state index contributed by atoms with van der Waals surface area (Å²) in [4.78, 5) is 24.1. The Morgan fingerprint density at radius 1 is 1.00 bits per heavy atom. The monoisotopic (exact) mass is 398 g/mol. The summed E-state index contributed by atoms with van der Waals surface area (Å²) < 4.78 is 23.8. The van der Waals surface area contributed by atoms with Crippen LogP contribution in [0.4, 0.5) is 0 Å². The maximum Gasteiger partial charge on any atom is 0.266 e. The lowest BCUT2D eigenvalue weighted by Gasteiger charge is -2.09. The summed E-state index contributed by atoms with van der Waals surface area (Å²) >= 11 is 0. The molecule has 2 aromatic carbocycles. The van der Waals surface area contributed by atoms with Gasteiger partial charge in [0.1, 0.15) is 0 Å². The first kappa shape index (κ1) is 19.5. The molecular formula is C19H18N4O4S. The standard InChI is InChI=1S/C19H18N4O4S/c20-28(26,27)16-8-6-15(7-9-16)19(25)21-12-13-23-18(24)11-10-17(22-23)14-4-2-1-3-5-14/h1-11H,12-13H2,(H,21,25)(H2,20,26,27). The number of carbonyl (C=O) groups excluding carboxylic acids is 1. The normalized spacial score (nSPS) is 11.2. The Kier molecular flexibility index (Phi) is 5.67. The lowest BCUT2D eigenvalue weighted by Crippen LogP contribution is -2.32. The van der Waals surface area contributed by atoms with Crippen molar-refractivity contribution >= 4 is 15.9 Å². The summed E-state index contributed by atoms with van der Waals surface area (Å²) in [5.74, 6) is -0.395. The molecule has 144 valence electrons. The van der Waals surface area contributed by atoms with Crippen LogP contribution in [0.15, 0.2) is 76.4 Å². The van der Waals surface area contributed by atoms with Gasteiger partial charge in [-0.25, -0.2) is 18.2 Å². The summed E-state index contributed by atoms with van der Waals surface area (Å²) in [6, 6.07) is 17.8. The van der Waals surface area contributed by atoms with E-state index in [0.717, 1.165) is 5.56 Å². The van der Waals surface area contributed by atoms with Crippen molar-refractivity contribution in [3.05, 3.63) is 82.6 Å². The van der Waals surface area contributed by atoms with Gasteiger partial charge < -0.3 is 5.32 Å². The average Bonchev–Trinajstić information content (AvgIpc) is 2.69.